The van der Waals surface area contributed by atoms with E-state index in [-0.39, 0.29) is 23.6 Å². The molecule has 6 heteroatoms. The fraction of sp³-hybridized carbons (Fsp3) is 0.368. The van der Waals surface area contributed by atoms with Crippen molar-refractivity contribution in [3.8, 4) is 0 Å². The third-order valence-corrected chi connectivity index (χ3v) is 4.61. The molecule has 2 heterocycles. The minimum atomic E-state index is -0.375. The molecule has 132 valence electrons. The van der Waals surface area contributed by atoms with E-state index in [1.165, 1.54) is 17.8 Å². The van der Waals surface area contributed by atoms with Gasteiger partial charge in [-0.1, -0.05) is 30.3 Å². The molecular formula is C19H23N3O3. The first-order valence-electron chi connectivity index (χ1n) is 8.46. The largest absolute Gasteiger partial charge is 0.392 e. The molecule has 1 aromatic heterocycles. The molecule has 3 rings (SSSR count). The van der Waals surface area contributed by atoms with Gasteiger partial charge in [-0.05, 0) is 24.5 Å². The Morgan fingerprint density at radius 3 is 2.84 bits per heavy atom. The Morgan fingerprint density at radius 1 is 1.36 bits per heavy atom. The number of aryl methyl sites for hydroxylation is 1. The number of nitrogens with one attached hydrogen (secondary N) is 2. The second-order valence-corrected chi connectivity index (χ2v) is 6.56. The summed E-state index contributed by atoms with van der Waals surface area (Å²) in [6, 6.07) is 11.6. The van der Waals surface area contributed by atoms with Crippen LogP contribution < -0.4 is 10.9 Å². The van der Waals surface area contributed by atoms with E-state index >= 15 is 0 Å². The average molecular weight is 341 g/mol. The van der Waals surface area contributed by atoms with Crippen LogP contribution in [-0.2, 0) is 6.54 Å². The smallest absolute Gasteiger partial charge is 0.253 e. The third-order valence-electron chi connectivity index (χ3n) is 4.61. The molecule has 25 heavy (non-hydrogen) atoms. The zero-order valence-electron chi connectivity index (χ0n) is 14.2. The number of β-amino-alcohol motifs (C(OH)–C–C–N with tert-alkyl or cyclic N) is 1. The number of carbonyl (C=O) groups excluding carboxylic acids is 1. The van der Waals surface area contributed by atoms with E-state index in [9.17, 15) is 14.7 Å². The molecule has 0 radical (unpaired) electrons. The highest BCUT2D eigenvalue weighted by molar-refractivity contribution is 5.95. The molecule has 1 aromatic carbocycles. The summed E-state index contributed by atoms with van der Waals surface area (Å²) in [5, 5.41) is 12.9. The molecule has 0 bridgehead atoms. The van der Waals surface area contributed by atoms with E-state index < -0.39 is 0 Å². The maximum atomic E-state index is 12.4. The molecule has 1 aliphatic heterocycles. The zero-order chi connectivity index (χ0) is 17.8. The summed E-state index contributed by atoms with van der Waals surface area (Å²) in [6.45, 7) is 3.55. The van der Waals surface area contributed by atoms with Crippen molar-refractivity contribution in [1.29, 1.82) is 0 Å². The highest BCUT2D eigenvalue weighted by atomic mass is 16.3. The van der Waals surface area contributed by atoms with Crippen molar-refractivity contribution in [2.45, 2.75) is 32.0 Å². The van der Waals surface area contributed by atoms with Crippen LogP contribution in [0.4, 0.5) is 0 Å². The predicted molar refractivity (Wildman–Crippen MR) is 95.4 cm³/mol. The minimum absolute atomic E-state index is 0.0854. The quantitative estimate of drug-likeness (QED) is 0.759. The highest BCUT2D eigenvalue weighted by Gasteiger charge is 2.31. The molecule has 2 atom stereocenters. The maximum absolute atomic E-state index is 12.4. The number of aromatic nitrogens is 1. The molecule has 2 unspecified atom stereocenters. The van der Waals surface area contributed by atoms with Crippen LogP contribution >= 0.6 is 0 Å². The topological polar surface area (TPSA) is 85.4 Å². The summed E-state index contributed by atoms with van der Waals surface area (Å²) < 4.78 is 0. The number of amides is 1. The van der Waals surface area contributed by atoms with Crippen LogP contribution in [0.3, 0.4) is 0 Å². The zero-order valence-corrected chi connectivity index (χ0v) is 14.2. The van der Waals surface area contributed by atoms with Gasteiger partial charge in [0, 0.05) is 37.9 Å². The molecule has 3 N–H and O–H groups in total. The van der Waals surface area contributed by atoms with E-state index in [4.69, 9.17) is 0 Å². The van der Waals surface area contributed by atoms with Gasteiger partial charge in [0.2, 0.25) is 5.56 Å². The van der Waals surface area contributed by atoms with Crippen molar-refractivity contribution in [2.24, 2.45) is 0 Å². The van der Waals surface area contributed by atoms with Gasteiger partial charge in [0.1, 0.15) is 0 Å². The number of aliphatic hydroxyl groups is 1. The molecule has 1 fully saturated rings. The fourth-order valence-corrected chi connectivity index (χ4v) is 3.31. The number of H-pyrrole nitrogens is 1. The molecule has 0 spiro atoms. The number of benzene rings is 1. The number of rotatable bonds is 5. The van der Waals surface area contributed by atoms with Gasteiger partial charge in [0.05, 0.1) is 11.7 Å². The number of aliphatic hydroxyl groups excluding tert-OH is 1. The van der Waals surface area contributed by atoms with Crippen LogP contribution in [0.2, 0.25) is 0 Å². The van der Waals surface area contributed by atoms with Crippen LogP contribution in [0.5, 0.6) is 0 Å². The first-order chi connectivity index (χ1) is 12.0. The number of nitrogens with zero attached hydrogens (tertiary/aromatic N) is 1. The van der Waals surface area contributed by atoms with Gasteiger partial charge in [0.25, 0.3) is 5.91 Å². The summed E-state index contributed by atoms with van der Waals surface area (Å²) >= 11 is 0. The molecular weight excluding hydrogens is 318 g/mol. The Morgan fingerprint density at radius 2 is 2.12 bits per heavy atom. The lowest BCUT2D eigenvalue weighted by atomic mass is 10.1. The molecule has 6 nitrogen and oxygen atoms in total. The number of aromatic amines is 1. The van der Waals surface area contributed by atoms with Crippen LogP contribution in [0.1, 0.15) is 27.9 Å². The third kappa shape index (κ3) is 4.35. The lowest BCUT2D eigenvalue weighted by Gasteiger charge is -2.24. The van der Waals surface area contributed by atoms with E-state index in [0.717, 1.165) is 6.54 Å². The summed E-state index contributed by atoms with van der Waals surface area (Å²) in [6.07, 6.45) is 1.70. The second kappa shape index (κ2) is 7.63. The summed E-state index contributed by atoms with van der Waals surface area (Å²) in [7, 11) is 0. The van der Waals surface area contributed by atoms with Crippen molar-refractivity contribution in [3.63, 3.8) is 0 Å². The van der Waals surface area contributed by atoms with Crippen molar-refractivity contribution in [3.05, 3.63) is 69.6 Å². The van der Waals surface area contributed by atoms with Gasteiger partial charge < -0.3 is 15.4 Å². The van der Waals surface area contributed by atoms with Gasteiger partial charge in [-0.25, -0.2) is 0 Å². The monoisotopic (exact) mass is 341 g/mol. The summed E-state index contributed by atoms with van der Waals surface area (Å²) in [4.78, 5) is 28.4. The number of carbonyl (C=O) groups is 1. The van der Waals surface area contributed by atoms with Crippen LogP contribution in [0, 0.1) is 6.92 Å². The molecule has 2 aromatic rings. The first kappa shape index (κ1) is 17.4. The Hall–Kier alpha value is -2.44. The Bertz CT molecular complexity index is 788. The van der Waals surface area contributed by atoms with Crippen LogP contribution in [-0.4, -0.2) is 46.1 Å². The van der Waals surface area contributed by atoms with Crippen LogP contribution in [0.25, 0.3) is 0 Å². The molecule has 0 aliphatic carbocycles. The summed E-state index contributed by atoms with van der Waals surface area (Å²) in [5.41, 5.74) is 2.08. The molecule has 1 aliphatic rings. The Labute approximate surface area is 146 Å². The SMILES string of the molecule is Cc1cc(=O)[nH]cc1C(=O)NCC1CC(O)CN1Cc1ccccc1. The van der Waals surface area contributed by atoms with Crippen molar-refractivity contribution in [1.82, 2.24) is 15.2 Å². The van der Waals surface area contributed by atoms with Crippen LogP contribution in [0.15, 0.2) is 47.4 Å². The number of hydrogen-bond donors (Lipinski definition) is 3. The predicted octanol–water partition coefficient (Wildman–Crippen LogP) is 1.05. The summed E-state index contributed by atoms with van der Waals surface area (Å²) in [5.74, 6) is -0.213. The fourth-order valence-electron chi connectivity index (χ4n) is 3.31. The van der Waals surface area contributed by atoms with E-state index in [2.05, 4.69) is 27.3 Å². The number of likely N-dealkylation sites (tertiary alicyclic amines) is 1. The van der Waals surface area contributed by atoms with E-state index in [0.29, 0.717) is 30.6 Å². The highest BCUT2D eigenvalue weighted by Crippen LogP contribution is 2.20. The van der Waals surface area contributed by atoms with E-state index in [1.54, 1.807) is 6.92 Å². The maximum Gasteiger partial charge on any atom is 0.253 e. The number of pyridine rings is 1. The van der Waals surface area contributed by atoms with Crippen molar-refractivity contribution in [2.75, 3.05) is 13.1 Å². The number of hydrogen-bond acceptors (Lipinski definition) is 4. The van der Waals surface area contributed by atoms with Gasteiger partial charge in [-0.2, -0.15) is 0 Å². The average Bonchev–Trinajstić information content (AvgIpc) is 2.93. The van der Waals surface area contributed by atoms with Gasteiger partial charge >= 0.3 is 0 Å². The first-order valence-corrected chi connectivity index (χ1v) is 8.46. The van der Waals surface area contributed by atoms with Gasteiger partial charge in [-0.15, -0.1) is 0 Å². The Kier molecular flexibility index (Phi) is 5.31. The normalized spacial score (nSPS) is 20.6. The lowest BCUT2D eigenvalue weighted by molar-refractivity contribution is 0.0939. The van der Waals surface area contributed by atoms with Crippen molar-refractivity contribution < 1.29 is 9.90 Å². The Balaban J connectivity index is 1.62. The lowest BCUT2D eigenvalue weighted by Crippen LogP contribution is -2.40. The van der Waals surface area contributed by atoms with Crippen molar-refractivity contribution >= 4 is 5.91 Å². The molecule has 1 amide bonds. The molecule has 0 saturated carbocycles. The minimum Gasteiger partial charge on any atom is -0.392 e. The standard InChI is InChI=1S/C19H23N3O3/c1-13-7-18(24)20-10-17(13)19(25)21-9-15-8-16(23)12-22(15)11-14-5-3-2-4-6-14/h2-7,10,15-16,23H,8-9,11-12H2,1H3,(H,20,24)(H,21,25). The van der Waals surface area contributed by atoms with E-state index in [1.807, 2.05) is 18.2 Å². The van der Waals surface area contributed by atoms with Gasteiger partial charge in [0.15, 0.2) is 0 Å². The second-order valence-electron chi connectivity index (χ2n) is 6.56. The molecule has 1 saturated heterocycles. The van der Waals surface area contributed by atoms with Gasteiger partial charge in [-0.3, -0.25) is 14.5 Å².